The number of halogens is 3. The van der Waals surface area contributed by atoms with Gasteiger partial charge in [-0.05, 0) is 128 Å². The van der Waals surface area contributed by atoms with Crippen LogP contribution in [0.1, 0.15) is 56.2 Å². The summed E-state index contributed by atoms with van der Waals surface area (Å²) in [5.41, 5.74) is -1.80. The summed E-state index contributed by atoms with van der Waals surface area (Å²) in [6, 6.07) is 36.5. The van der Waals surface area contributed by atoms with Crippen molar-refractivity contribution in [1.29, 1.82) is 0 Å². The van der Waals surface area contributed by atoms with E-state index < -0.39 is 25.6 Å². The third-order valence-electron chi connectivity index (χ3n) is 11.5. The number of thiophene rings is 2. The number of ether oxygens (including phenoxy) is 2. The number of methoxy groups -OCH3 is 2. The van der Waals surface area contributed by atoms with Gasteiger partial charge >= 0.3 is 5.51 Å². The van der Waals surface area contributed by atoms with Crippen LogP contribution >= 0.6 is 34.4 Å². The Kier molecular flexibility index (Phi) is 18.1. The first-order chi connectivity index (χ1) is 34.0. The molecule has 2 saturated heterocycles. The molecular formula is C49H53F3N6O8S5. The fraction of sp³-hybridized carbons (Fsp3) is 0.306. The van der Waals surface area contributed by atoms with E-state index in [-0.39, 0.29) is 70.9 Å². The number of nitrogens with one attached hydrogen (secondary N) is 4. The lowest BCUT2D eigenvalue weighted by molar-refractivity contribution is -0.0328. The number of para-hydroxylation sites is 1. The SMILES string of the molecule is COc1cccc(C(=O)NCc2ccc(S(=O)(=O)N3CCC(Nc4cccc(SC(F)(F)F)c4)CC3)s2)c1.COc1cccc(C(=O)NCc2ccc(S(=O)(=O)N3CCC(Nc4ccccc4)CC3)s2)c1. The maximum Gasteiger partial charge on any atom is 0.446 e. The van der Waals surface area contributed by atoms with Crippen LogP contribution in [0.4, 0.5) is 24.5 Å². The van der Waals surface area contributed by atoms with Crippen LogP contribution in [0.3, 0.4) is 0 Å². The Labute approximate surface area is 424 Å². The van der Waals surface area contributed by atoms with E-state index >= 15 is 0 Å². The van der Waals surface area contributed by atoms with E-state index in [2.05, 4.69) is 21.3 Å². The molecule has 14 nitrogen and oxygen atoms in total. The monoisotopic (exact) mass is 1070 g/mol. The number of anilines is 2. The molecule has 22 heteroatoms. The number of benzene rings is 4. The van der Waals surface area contributed by atoms with Gasteiger partial charge in [-0.15, -0.1) is 22.7 Å². The van der Waals surface area contributed by atoms with Crippen molar-refractivity contribution in [2.45, 2.75) is 69.7 Å². The van der Waals surface area contributed by atoms with Crippen LogP contribution in [0.25, 0.3) is 0 Å². The van der Waals surface area contributed by atoms with E-state index in [0.29, 0.717) is 63.3 Å². The lowest BCUT2D eigenvalue weighted by Gasteiger charge is -2.31. The van der Waals surface area contributed by atoms with Crippen molar-refractivity contribution in [2.75, 3.05) is 51.0 Å². The molecule has 0 saturated carbocycles. The first-order valence-corrected chi connectivity index (χ1v) is 27.8. The first kappa shape index (κ1) is 53.2. The van der Waals surface area contributed by atoms with Crippen molar-refractivity contribution in [3.05, 3.63) is 148 Å². The van der Waals surface area contributed by atoms with Crippen LogP contribution in [0.15, 0.2) is 141 Å². The third-order valence-corrected chi connectivity index (χ3v) is 19.1. The molecule has 0 unspecified atom stereocenters. The lowest BCUT2D eigenvalue weighted by atomic mass is 10.1. The molecule has 378 valence electrons. The fourth-order valence-corrected chi connectivity index (χ4v) is 14.2. The standard InChI is InChI=1S/C25H26F3N3O4S3.C24H27N3O4S2/c1-35-20-6-2-4-17(14-20)24(32)29-16-22-8-9-23(36-22)38(33,34)31-12-10-18(11-13-31)30-19-5-3-7-21(15-19)37-25(26,27)28;1-31-21-9-5-6-18(16-21)24(28)25-17-22-10-11-23(32-22)33(29,30)27-14-12-20(13-15-27)26-19-7-3-2-4-8-19/h2-9,14-15,18,30H,10-13,16H2,1H3,(H,29,32);2-11,16,20,26H,12-15,17H2,1H3,(H,25,28). The fourth-order valence-electron chi connectivity index (χ4n) is 7.78. The molecule has 0 radical (unpaired) electrons. The van der Waals surface area contributed by atoms with Crippen molar-refractivity contribution in [1.82, 2.24) is 19.2 Å². The topological polar surface area (TPSA) is 175 Å². The zero-order valence-electron chi connectivity index (χ0n) is 38.7. The van der Waals surface area contributed by atoms with E-state index in [1.807, 2.05) is 30.3 Å². The number of rotatable bonds is 17. The van der Waals surface area contributed by atoms with Crippen LogP contribution in [-0.4, -0.2) is 95.3 Å². The summed E-state index contributed by atoms with van der Waals surface area (Å²) in [6.45, 7) is 1.99. The molecule has 8 rings (SSSR count). The van der Waals surface area contributed by atoms with Crippen LogP contribution in [0.5, 0.6) is 11.5 Å². The third kappa shape index (κ3) is 15.0. The molecule has 4 aromatic carbocycles. The molecule has 4 heterocycles. The molecule has 6 aromatic rings. The highest BCUT2D eigenvalue weighted by Crippen LogP contribution is 2.38. The molecule has 2 amide bonds. The molecule has 2 aromatic heterocycles. The van der Waals surface area contributed by atoms with Crippen molar-refractivity contribution in [3.63, 3.8) is 0 Å². The molecule has 0 atom stereocenters. The second-order valence-corrected chi connectivity index (χ2v) is 24.2. The highest BCUT2D eigenvalue weighted by Gasteiger charge is 2.33. The van der Waals surface area contributed by atoms with E-state index in [1.165, 1.54) is 34.9 Å². The van der Waals surface area contributed by atoms with Gasteiger partial charge in [0.1, 0.15) is 19.9 Å². The summed E-state index contributed by atoms with van der Waals surface area (Å²) in [7, 11) is -4.17. The highest BCUT2D eigenvalue weighted by molar-refractivity contribution is 8.00. The highest BCUT2D eigenvalue weighted by atomic mass is 32.3. The van der Waals surface area contributed by atoms with Crippen LogP contribution in [0.2, 0.25) is 0 Å². The van der Waals surface area contributed by atoms with Crippen molar-refractivity contribution in [2.24, 2.45) is 0 Å². The van der Waals surface area contributed by atoms with Crippen molar-refractivity contribution < 1.29 is 49.1 Å². The molecule has 0 aliphatic carbocycles. The summed E-state index contributed by atoms with van der Waals surface area (Å²) in [5, 5.41) is 12.3. The van der Waals surface area contributed by atoms with Gasteiger partial charge in [0.05, 0.1) is 27.3 Å². The Morgan fingerprint density at radius 1 is 0.592 bits per heavy atom. The summed E-state index contributed by atoms with van der Waals surface area (Å²) in [6.07, 6.45) is 2.54. The smallest absolute Gasteiger partial charge is 0.446 e. The Bertz CT molecular complexity index is 2960. The average Bonchev–Trinajstić information content (AvgIpc) is 4.07. The number of amides is 2. The number of hydrogen-bond donors (Lipinski definition) is 4. The number of piperidine rings is 2. The van der Waals surface area contributed by atoms with Gasteiger partial charge in [0.2, 0.25) is 0 Å². The van der Waals surface area contributed by atoms with Gasteiger partial charge in [-0.25, -0.2) is 16.8 Å². The minimum absolute atomic E-state index is 0.0571. The minimum Gasteiger partial charge on any atom is -0.497 e. The summed E-state index contributed by atoms with van der Waals surface area (Å²) < 4.78 is 104. The number of hydrogen-bond acceptors (Lipinski definition) is 13. The summed E-state index contributed by atoms with van der Waals surface area (Å²) in [5.74, 6) is 0.642. The first-order valence-electron chi connectivity index (χ1n) is 22.5. The van der Waals surface area contributed by atoms with Gasteiger partial charge in [0, 0.05) is 75.4 Å². The number of alkyl halides is 3. The maximum absolute atomic E-state index is 13.2. The number of sulfonamides is 2. The molecule has 2 aliphatic rings. The molecule has 4 N–H and O–H groups in total. The van der Waals surface area contributed by atoms with Crippen LogP contribution < -0.4 is 30.7 Å². The molecule has 2 fully saturated rings. The zero-order chi connectivity index (χ0) is 50.6. The molecule has 71 heavy (non-hydrogen) atoms. The van der Waals surface area contributed by atoms with Gasteiger partial charge < -0.3 is 30.7 Å². The molecule has 0 spiro atoms. The Morgan fingerprint density at radius 2 is 1.03 bits per heavy atom. The Morgan fingerprint density at radius 3 is 1.48 bits per heavy atom. The van der Waals surface area contributed by atoms with E-state index in [9.17, 15) is 39.6 Å². The molecular weight excluding hydrogens is 1020 g/mol. The number of nitrogens with zero attached hydrogens (tertiary/aromatic N) is 2. The predicted molar refractivity (Wildman–Crippen MR) is 273 cm³/mol. The maximum atomic E-state index is 13.2. The van der Waals surface area contributed by atoms with Gasteiger partial charge in [-0.2, -0.15) is 21.8 Å². The van der Waals surface area contributed by atoms with Crippen molar-refractivity contribution in [3.8, 4) is 11.5 Å². The molecule has 2 aliphatic heterocycles. The second-order valence-electron chi connectivity index (χ2n) is 16.4. The minimum atomic E-state index is -4.36. The van der Waals surface area contributed by atoms with Crippen LogP contribution in [-0.2, 0) is 33.1 Å². The number of carbonyl (C=O) groups excluding carboxylic acids is 2. The average molecular weight is 1070 g/mol. The number of carbonyl (C=O) groups is 2. The van der Waals surface area contributed by atoms with Gasteiger partial charge in [-0.1, -0.05) is 36.4 Å². The largest absolute Gasteiger partial charge is 0.497 e. The Hall–Kier alpha value is -5.62. The lowest BCUT2D eigenvalue weighted by Crippen LogP contribution is -2.42. The zero-order valence-corrected chi connectivity index (χ0v) is 42.8. The quantitative estimate of drug-likeness (QED) is 0.0641. The normalized spacial score (nSPS) is 15.2. The number of thioether (sulfide) groups is 1. The second kappa shape index (κ2) is 24.2. The van der Waals surface area contributed by atoms with Gasteiger partial charge in [0.25, 0.3) is 31.9 Å². The van der Waals surface area contributed by atoms with Gasteiger partial charge in [-0.3, -0.25) is 9.59 Å². The predicted octanol–water partition coefficient (Wildman–Crippen LogP) is 9.52. The van der Waals surface area contributed by atoms with E-state index in [1.54, 1.807) is 96.3 Å². The van der Waals surface area contributed by atoms with Crippen LogP contribution in [0, 0.1) is 0 Å². The van der Waals surface area contributed by atoms with E-state index in [0.717, 1.165) is 34.7 Å². The molecule has 0 bridgehead atoms. The van der Waals surface area contributed by atoms with E-state index in [4.69, 9.17) is 9.47 Å². The summed E-state index contributed by atoms with van der Waals surface area (Å²) in [4.78, 5) is 26.4. The Balaban J connectivity index is 0.000000211. The van der Waals surface area contributed by atoms with Crippen molar-refractivity contribution >= 4 is 77.7 Å². The van der Waals surface area contributed by atoms with Gasteiger partial charge in [0.15, 0.2) is 0 Å². The summed E-state index contributed by atoms with van der Waals surface area (Å²) >= 11 is 2.14.